The quantitative estimate of drug-likeness (QED) is 0.195. The molecule has 2 aromatic rings. The van der Waals surface area contributed by atoms with E-state index in [1.807, 2.05) is 58.0 Å². The van der Waals surface area contributed by atoms with Crippen molar-refractivity contribution in [2.45, 2.75) is 32.9 Å². The highest BCUT2D eigenvalue weighted by Gasteiger charge is 2.23. The Morgan fingerprint density at radius 1 is 1.18 bits per heavy atom. The molecule has 0 saturated carbocycles. The highest BCUT2D eigenvalue weighted by Crippen LogP contribution is 2.47. The summed E-state index contributed by atoms with van der Waals surface area (Å²) in [6, 6.07) is 12.2. The van der Waals surface area contributed by atoms with Crippen molar-refractivity contribution >= 4 is 32.0 Å². The van der Waals surface area contributed by atoms with E-state index >= 15 is 0 Å². The molecule has 0 bridgehead atoms. The summed E-state index contributed by atoms with van der Waals surface area (Å²) in [5.41, 5.74) is 1.99. The highest BCUT2D eigenvalue weighted by molar-refractivity contribution is 7.80. The van der Waals surface area contributed by atoms with Gasteiger partial charge in [-0.3, -0.25) is 0 Å². The topological polar surface area (TPSA) is 27.7 Å². The summed E-state index contributed by atoms with van der Waals surface area (Å²) in [6.07, 6.45) is 8.82. The van der Waals surface area contributed by atoms with E-state index in [0.29, 0.717) is 11.5 Å². The minimum Gasteiger partial charge on any atom is -0.417 e. The third-order valence-corrected chi connectivity index (χ3v) is 5.31. The summed E-state index contributed by atoms with van der Waals surface area (Å²) in [5, 5.41) is 2.23. The lowest BCUT2D eigenvalue weighted by Gasteiger charge is -2.21. The van der Waals surface area contributed by atoms with Crippen LogP contribution in [0.1, 0.15) is 38.5 Å². The first kappa shape index (κ1) is 22.1. The molecule has 0 aromatic heterocycles. The molecule has 0 spiro atoms. The number of allylic oxidation sites excluding steroid dienone is 5. The van der Waals surface area contributed by atoms with Gasteiger partial charge in [-0.2, -0.15) is 12.6 Å². The van der Waals surface area contributed by atoms with Crippen LogP contribution in [0.3, 0.4) is 0 Å². The molecule has 2 atom stereocenters. The zero-order valence-electron chi connectivity index (χ0n) is 16.8. The van der Waals surface area contributed by atoms with Gasteiger partial charge < -0.3 is 13.6 Å². The van der Waals surface area contributed by atoms with Crippen LogP contribution in [0.5, 0.6) is 5.75 Å². The van der Waals surface area contributed by atoms with Gasteiger partial charge in [0.25, 0.3) is 0 Å². The van der Waals surface area contributed by atoms with Crippen LogP contribution in [0.15, 0.2) is 84.9 Å². The first-order chi connectivity index (χ1) is 13.5. The number of rotatable bonds is 9. The Bertz CT molecular complexity index is 900. The average Bonchev–Trinajstić information content (AvgIpc) is 2.70. The predicted molar refractivity (Wildman–Crippen MR) is 124 cm³/mol. The summed E-state index contributed by atoms with van der Waals surface area (Å²) in [4.78, 5) is 0. The fourth-order valence-corrected chi connectivity index (χ4v) is 3.90. The molecule has 0 aliphatic carbocycles. The first-order valence-corrected chi connectivity index (χ1v) is 10.7. The van der Waals surface area contributed by atoms with Crippen molar-refractivity contribution in [2.75, 3.05) is 0 Å². The smallest absolute Gasteiger partial charge is 0.417 e. The molecule has 0 N–H and O–H groups in total. The number of hydrogen-bond acceptors (Lipinski definition) is 4. The molecule has 0 aliphatic heterocycles. The third-order valence-electron chi connectivity index (χ3n) is 4.07. The predicted octanol–water partition coefficient (Wildman–Crippen LogP) is 8.04. The molecule has 148 valence electrons. The van der Waals surface area contributed by atoms with Crippen molar-refractivity contribution in [1.29, 1.82) is 0 Å². The molecule has 0 radical (unpaired) electrons. The maximum atomic E-state index is 6.21. The third kappa shape index (κ3) is 5.67. The molecule has 3 nitrogen and oxygen atoms in total. The van der Waals surface area contributed by atoms with E-state index in [0.717, 1.165) is 21.9 Å². The Balaban J connectivity index is 2.43. The Morgan fingerprint density at radius 2 is 1.93 bits per heavy atom. The summed E-state index contributed by atoms with van der Waals surface area (Å²) >= 11 is 4.68. The van der Waals surface area contributed by atoms with Crippen LogP contribution in [0, 0.1) is 0 Å². The van der Waals surface area contributed by atoms with Gasteiger partial charge in [-0.25, -0.2) is 0 Å². The maximum absolute atomic E-state index is 6.21. The van der Waals surface area contributed by atoms with E-state index in [9.17, 15) is 0 Å². The van der Waals surface area contributed by atoms with Crippen LogP contribution in [-0.2, 0) is 9.05 Å². The molecule has 0 aliphatic rings. The molecule has 2 unspecified atom stereocenters. The lowest BCUT2D eigenvalue weighted by molar-refractivity contribution is 0.311. The summed E-state index contributed by atoms with van der Waals surface area (Å²) in [5.74, 6) is 1.36. The lowest BCUT2D eigenvalue weighted by atomic mass is 10.0. The lowest BCUT2D eigenvalue weighted by Crippen LogP contribution is -2.00. The second kappa shape index (κ2) is 11.0. The first-order valence-electron chi connectivity index (χ1n) is 9.11. The molecule has 2 rings (SSSR count). The fourth-order valence-electron chi connectivity index (χ4n) is 2.60. The van der Waals surface area contributed by atoms with Crippen molar-refractivity contribution in [3.63, 3.8) is 0 Å². The van der Waals surface area contributed by atoms with Crippen LogP contribution in [-0.4, -0.2) is 0 Å². The molecule has 0 heterocycles. The second-order valence-electron chi connectivity index (χ2n) is 6.09. The Morgan fingerprint density at radius 3 is 2.57 bits per heavy atom. The van der Waals surface area contributed by atoms with Gasteiger partial charge in [-0.15, -0.1) is 0 Å². The average molecular weight is 415 g/mol. The van der Waals surface area contributed by atoms with E-state index < -0.39 is 8.60 Å². The molecule has 0 fully saturated rings. The number of fused-ring (bicyclic) bond motifs is 1. The zero-order chi connectivity index (χ0) is 20.5. The van der Waals surface area contributed by atoms with Crippen molar-refractivity contribution in [3.8, 4) is 5.75 Å². The minimum atomic E-state index is -1.71. The highest BCUT2D eigenvalue weighted by atomic mass is 32.1. The SMILES string of the molecule is C=C/C=C(OP(O/C=C/C)Oc1ccc2ccccc2c1C(C)S)\C(C)=C/C. The number of benzene rings is 2. The van der Waals surface area contributed by atoms with Gasteiger partial charge in [0.05, 0.1) is 6.26 Å². The standard InChI is InChI=1S/C23H27O3PS/c1-6-11-21(17(4)8-3)25-27(24-16-7-2)26-22-15-14-19-12-9-10-13-20(19)23(22)18(5)28/h6-16,18,28H,1H2,2-5H3/b16-7+,17-8-,21-11+. The van der Waals surface area contributed by atoms with Crippen LogP contribution in [0.2, 0.25) is 0 Å². The van der Waals surface area contributed by atoms with Gasteiger partial charge in [-0.05, 0) is 56.2 Å². The van der Waals surface area contributed by atoms with E-state index in [1.165, 1.54) is 0 Å². The van der Waals surface area contributed by atoms with E-state index in [4.69, 9.17) is 13.6 Å². The zero-order valence-corrected chi connectivity index (χ0v) is 18.5. The van der Waals surface area contributed by atoms with Gasteiger partial charge in [0.2, 0.25) is 0 Å². The fraction of sp³-hybridized carbons (Fsp3) is 0.217. The molecular formula is C23H27O3PS. The number of thiol groups is 1. The van der Waals surface area contributed by atoms with E-state index in [-0.39, 0.29) is 5.25 Å². The van der Waals surface area contributed by atoms with Crippen molar-refractivity contribution in [3.05, 3.63) is 90.4 Å². The molecule has 28 heavy (non-hydrogen) atoms. The number of hydrogen-bond donors (Lipinski definition) is 1. The maximum Gasteiger partial charge on any atom is 0.529 e. The molecule has 2 aromatic carbocycles. The van der Waals surface area contributed by atoms with Crippen molar-refractivity contribution < 1.29 is 13.6 Å². The Kier molecular flexibility index (Phi) is 8.69. The van der Waals surface area contributed by atoms with Crippen LogP contribution < -0.4 is 4.52 Å². The second-order valence-corrected chi connectivity index (χ2v) is 7.89. The van der Waals surface area contributed by atoms with E-state index in [1.54, 1.807) is 24.5 Å². The van der Waals surface area contributed by atoms with Crippen molar-refractivity contribution in [1.82, 2.24) is 0 Å². The molecular weight excluding hydrogens is 387 g/mol. The van der Waals surface area contributed by atoms with Crippen LogP contribution >= 0.6 is 21.2 Å². The molecule has 0 saturated heterocycles. The van der Waals surface area contributed by atoms with E-state index in [2.05, 4.69) is 31.3 Å². The van der Waals surface area contributed by atoms with Gasteiger partial charge in [0.1, 0.15) is 11.5 Å². The van der Waals surface area contributed by atoms with Crippen LogP contribution in [0.4, 0.5) is 0 Å². The largest absolute Gasteiger partial charge is 0.529 e. The summed E-state index contributed by atoms with van der Waals surface area (Å²) in [6.45, 7) is 11.6. The molecule has 5 heteroatoms. The summed E-state index contributed by atoms with van der Waals surface area (Å²) in [7, 11) is -1.71. The Labute approximate surface area is 174 Å². The van der Waals surface area contributed by atoms with Gasteiger partial charge in [0, 0.05) is 10.8 Å². The monoisotopic (exact) mass is 414 g/mol. The minimum absolute atomic E-state index is 0.0138. The van der Waals surface area contributed by atoms with Gasteiger partial charge >= 0.3 is 8.60 Å². The normalized spacial score (nSPS) is 14.8. The molecule has 0 amide bonds. The van der Waals surface area contributed by atoms with Crippen LogP contribution in [0.25, 0.3) is 10.8 Å². The van der Waals surface area contributed by atoms with Crippen molar-refractivity contribution in [2.24, 2.45) is 0 Å². The van der Waals surface area contributed by atoms with Gasteiger partial charge in [0.15, 0.2) is 0 Å². The summed E-state index contributed by atoms with van der Waals surface area (Å²) < 4.78 is 18.0. The van der Waals surface area contributed by atoms with Gasteiger partial charge in [-0.1, -0.05) is 55.1 Å². The Hall–Kier alpha value is -2.16.